The minimum Gasteiger partial charge on any atom is -0.201 e. The molecule has 2 heterocycles. The highest BCUT2D eigenvalue weighted by molar-refractivity contribution is 5.65. The van der Waals surface area contributed by atoms with Gasteiger partial charge in [-0.05, 0) is 141 Å². The zero-order valence-corrected chi connectivity index (χ0v) is 34.1. The molecule has 0 unspecified atom stereocenters. The highest BCUT2D eigenvalue weighted by Crippen LogP contribution is 2.31. The van der Waals surface area contributed by atoms with Crippen LogP contribution in [-0.4, -0.2) is 0 Å². The smallest absolute Gasteiger partial charge is 0.201 e. The number of aromatic nitrogens is 2. The van der Waals surface area contributed by atoms with E-state index in [1.54, 1.807) is 0 Å². The van der Waals surface area contributed by atoms with Gasteiger partial charge >= 0.3 is 0 Å². The van der Waals surface area contributed by atoms with Crippen LogP contribution in [0.5, 0.6) is 0 Å². The van der Waals surface area contributed by atoms with Gasteiger partial charge < -0.3 is 0 Å². The molecule has 0 spiro atoms. The molecular weight excluding hydrogens is 581 g/mol. The first-order chi connectivity index (χ1) is 21.8. The summed E-state index contributed by atoms with van der Waals surface area (Å²) >= 11 is 0. The number of nitrogens with zero attached hydrogens (tertiary/aromatic N) is 2. The molecule has 0 atom stereocenters. The molecule has 4 rings (SSSR count). The molecule has 0 N–H and O–H groups in total. The first-order valence-electron chi connectivity index (χ1n) is 18.0. The van der Waals surface area contributed by atoms with E-state index in [1.165, 1.54) is 78.1 Å². The van der Waals surface area contributed by atoms with E-state index in [1.807, 2.05) is 0 Å². The average Bonchev–Trinajstić information content (AvgIpc) is 2.90. The number of aryl methyl sites for hydroxylation is 9. The molecule has 0 aliphatic rings. The van der Waals surface area contributed by atoms with Gasteiger partial charge in [0.1, 0.15) is 14.1 Å². The normalized spacial score (nSPS) is 12.2. The zero-order chi connectivity index (χ0) is 36.5. The van der Waals surface area contributed by atoms with E-state index >= 15 is 0 Å². The minimum absolute atomic E-state index is 0.298. The largest absolute Gasteiger partial charge is 0.212 e. The van der Waals surface area contributed by atoms with Crippen molar-refractivity contribution in [2.24, 2.45) is 30.3 Å². The van der Waals surface area contributed by atoms with Crippen LogP contribution in [0.25, 0.3) is 22.5 Å². The molecule has 2 nitrogen and oxygen atoms in total. The summed E-state index contributed by atoms with van der Waals surface area (Å²) in [5, 5.41) is 0. The molecule has 0 saturated carbocycles. The lowest BCUT2D eigenvalue weighted by Crippen LogP contribution is -2.32. The third kappa shape index (κ3) is 10.6. The van der Waals surface area contributed by atoms with Crippen molar-refractivity contribution in [3.63, 3.8) is 0 Å². The third-order valence-electron chi connectivity index (χ3n) is 9.42. The van der Waals surface area contributed by atoms with Crippen LogP contribution in [0.3, 0.4) is 0 Å². The monoisotopic (exact) mass is 649 g/mol. The van der Waals surface area contributed by atoms with Crippen LogP contribution in [0.2, 0.25) is 0 Å². The number of hydrogen-bond acceptors (Lipinski definition) is 0. The predicted molar refractivity (Wildman–Crippen MR) is 209 cm³/mol. The molecular formula is C46H68N2+2. The highest BCUT2D eigenvalue weighted by Gasteiger charge is 2.23. The van der Waals surface area contributed by atoms with Crippen LogP contribution in [0, 0.1) is 64.7 Å². The molecule has 48 heavy (non-hydrogen) atoms. The first-order valence-corrected chi connectivity index (χ1v) is 18.0. The van der Waals surface area contributed by atoms with Crippen LogP contribution < -0.4 is 9.13 Å². The fourth-order valence-corrected chi connectivity index (χ4v) is 6.83. The Hall–Kier alpha value is -3.26. The van der Waals surface area contributed by atoms with Crippen molar-refractivity contribution in [1.29, 1.82) is 0 Å². The lowest BCUT2D eigenvalue weighted by molar-refractivity contribution is -0.661. The number of pyridine rings is 2. The third-order valence-corrected chi connectivity index (χ3v) is 9.42. The summed E-state index contributed by atoms with van der Waals surface area (Å²) in [7, 11) is 4.35. The number of rotatable bonds is 5. The van der Waals surface area contributed by atoms with Crippen LogP contribution in [-0.2, 0) is 33.4 Å². The van der Waals surface area contributed by atoms with Crippen molar-refractivity contribution in [1.82, 2.24) is 0 Å². The first kappa shape index (κ1) is 39.2. The number of benzene rings is 2. The molecule has 4 aromatic rings. The topological polar surface area (TPSA) is 7.76 Å². The lowest BCUT2D eigenvalue weighted by atomic mass is 9.84. The maximum Gasteiger partial charge on any atom is 0.212 e. The van der Waals surface area contributed by atoms with Crippen molar-refractivity contribution < 1.29 is 9.13 Å². The summed E-state index contributed by atoms with van der Waals surface area (Å²) in [6.07, 6.45) is 7.97. The molecule has 2 heteroatoms. The maximum atomic E-state index is 2.42. The maximum absolute atomic E-state index is 2.42. The van der Waals surface area contributed by atoms with Crippen molar-refractivity contribution in [2.75, 3.05) is 0 Å². The molecule has 2 aromatic carbocycles. The van der Waals surface area contributed by atoms with Gasteiger partial charge in [-0.25, -0.2) is 9.13 Å². The van der Waals surface area contributed by atoms with E-state index in [2.05, 4.69) is 183 Å². The van der Waals surface area contributed by atoms with E-state index in [-0.39, 0.29) is 0 Å². The molecule has 0 aliphatic carbocycles. The Bertz CT molecular complexity index is 1760. The molecule has 0 radical (unpaired) electrons. The van der Waals surface area contributed by atoms with Gasteiger partial charge in [0.05, 0.1) is 0 Å². The van der Waals surface area contributed by atoms with Crippen LogP contribution in [0.1, 0.15) is 118 Å². The van der Waals surface area contributed by atoms with Crippen LogP contribution in [0.15, 0.2) is 48.8 Å². The summed E-state index contributed by atoms with van der Waals surface area (Å²) in [6.45, 7) is 36.3. The average molecular weight is 649 g/mol. The summed E-state index contributed by atoms with van der Waals surface area (Å²) in [6, 6.07) is 14.1. The van der Waals surface area contributed by atoms with Crippen LogP contribution >= 0.6 is 0 Å². The Morgan fingerprint density at radius 3 is 1.08 bits per heavy atom. The van der Waals surface area contributed by atoms with E-state index in [0.29, 0.717) is 16.2 Å². The van der Waals surface area contributed by atoms with Gasteiger partial charge in [0, 0.05) is 34.4 Å². The second kappa shape index (κ2) is 14.7. The molecule has 2 aromatic heterocycles. The van der Waals surface area contributed by atoms with E-state index < -0.39 is 0 Å². The minimum atomic E-state index is 0.298. The molecule has 0 fully saturated rings. The summed E-state index contributed by atoms with van der Waals surface area (Å²) < 4.78 is 4.60. The molecule has 0 amide bonds. The van der Waals surface area contributed by atoms with Crippen molar-refractivity contribution in [2.45, 2.75) is 130 Å². The quantitative estimate of drug-likeness (QED) is 0.190. The van der Waals surface area contributed by atoms with E-state index in [0.717, 1.165) is 19.3 Å². The van der Waals surface area contributed by atoms with E-state index in [4.69, 9.17) is 0 Å². The molecule has 260 valence electrons. The van der Waals surface area contributed by atoms with Gasteiger partial charge in [0.15, 0.2) is 12.4 Å². The Morgan fingerprint density at radius 1 is 0.375 bits per heavy atom. The van der Waals surface area contributed by atoms with Gasteiger partial charge in [-0.1, -0.05) is 74.4 Å². The van der Waals surface area contributed by atoms with Gasteiger partial charge in [0.2, 0.25) is 11.4 Å². The Labute approximate surface area is 295 Å². The molecule has 0 aliphatic heterocycles. The summed E-state index contributed by atoms with van der Waals surface area (Å²) in [4.78, 5) is 0. The van der Waals surface area contributed by atoms with Crippen molar-refractivity contribution in [3.05, 3.63) is 104 Å². The second-order valence-corrected chi connectivity index (χ2v) is 18.5. The van der Waals surface area contributed by atoms with Gasteiger partial charge in [-0.3, -0.25) is 0 Å². The Kier molecular flexibility index (Phi) is 12.0. The fourth-order valence-electron chi connectivity index (χ4n) is 6.83. The highest BCUT2D eigenvalue weighted by atomic mass is 14.9. The fraction of sp³-hybridized carbons (Fsp3) is 0.522. The van der Waals surface area contributed by atoms with Crippen molar-refractivity contribution >= 4 is 0 Å². The molecule has 0 bridgehead atoms. The second-order valence-electron chi connectivity index (χ2n) is 18.5. The Morgan fingerprint density at radius 2 is 0.688 bits per heavy atom. The standard InChI is InChI=1S/C25H38N.C21H30N/c1-17-11-19(3)22(13-20(17)14-24(4,5)6)23-12-18(2)21(16-26(23)10)15-25(7,8)9;1-14-9-17(4)19(10-15(14)2)20-11-16(3)18(13-22(20)8)12-21(5,6)7/h11-13,16H,14-15H2,1-10H3;9-11,13H,12H2,1-8H3/q2*+1. The van der Waals surface area contributed by atoms with Gasteiger partial charge in [-0.2, -0.15) is 0 Å². The Balaban J connectivity index is 0.000000264. The van der Waals surface area contributed by atoms with E-state index in [9.17, 15) is 0 Å². The van der Waals surface area contributed by atoms with Gasteiger partial charge in [0.25, 0.3) is 0 Å². The lowest BCUT2D eigenvalue weighted by Gasteiger charge is -2.21. The van der Waals surface area contributed by atoms with Gasteiger partial charge in [-0.15, -0.1) is 0 Å². The zero-order valence-electron chi connectivity index (χ0n) is 34.1. The SMILES string of the molecule is Cc1cc(C)c(-c2cc(C)c(CC(C)(C)C)c[n+]2C)cc1C.Cc1cc(C)c(-c2cc(C)c(CC(C)(C)C)c[n+]2C)cc1CC(C)(C)C. The summed E-state index contributed by atoms with van der Waals surface area (Å²) in [5.74, 6) is 0. The van der Waals surface area contributed by atoms with Crippen molar-refractivity contribution in [3.8, 4) is 22.5 Å². The number of hydrogen-bond donors (Lipinski definition) is 0. The summed E-state index contributed by atoms with van der Waals surface area (Å²) in [5.41, 5.74) is 20.2. The predicted octanol–water partition coefficient (Wildman–Crippen LogP) is 11.3. The molecule has 0 saturated heterocycles. The van der Waals surface area contributed by atoms with Crippen LogP contribution in [0.4, 0.5) is 0 Å².